The molecule has 8 heteroatoms. The predicted octanol–water partition coefficient (Wildman–Crippen LogP) is 5.17. The Morgan fingerprint density at radius 1 is 1.07 bits per heavy atom. The summed E-state index contributed by atoms with van der Waals surface area (Å²) in [6.07, 6.45) is 0. The standard InChI is InChI=1S/C22H25Cl2IN2O3/c1-14(2)11-26-22(29)15(3)27(12-16-4-9-19(23)20(24)10-16)21(28)13-30-18-7-5-17(25)6-8-18/h4-10,14-15H,11-13H2,1-3H3,(H,26,29)/t15-/m0/s1. The number of nitrogens with zero attached hydrogens (tertiary/aromatic N) is 1. The molecule has 0 aromatic heterocycles. The van der Waals surface area contributed by atoms with Crippen molar-refractivity contribution in [3.8, 4) is 5.75 Å². The maximum absolute atomic E-state index is 13.0. The summed E-state index contributed by atoms with van der Waals surface area (Å²) < 4.78 is 6.71. The van der Waals surface area contributed by atoms with Crippen molar-refractivity contribution in [2.75, 3.05) is 13.2 Å². The van der Waals surface area contributed by atoms with Crippen LogP contribution in [0.15, 0.2) is 42.5 Å². The Hall–Kier alpha value is -1.51. The fourth-order valence-corrected chi connectivity index (χ4v) is 3.31. The van der Waals surface area contributed by atoms with Crippen LogP contribution >= 0.6 is 45.8 Å². The molecule has 0 bridgehead atoms. The van der Waals surface area contributed by atoms with Gasteiger partial charge in [-0.1, -0.05) is 43.1 Å². The van der Waals surface area contributed by atoms with E-state index >= 15 is 0 Å². The van der Waals surface area contributed by atoms with Gasteiger partial charge in [0.2, 0.25) is 5.91 Å². The number of rotatable bonds is 9. The van der Waals surface area contributed by atoms with Gasteiger partial charge in [0.25, 0.3) is 5.91 Å². The van der Waals surface area contributed by atoms with Crippen molar-refractivity contribution in [3.05, 3.63) is 61.6 Å². The van der Waals surface area contributed by atoms with E-state index < -0.39 is 6.04 Å². The van der Waals surface area contributed by atoms with Crippen LogP contribution in [0.25, 0.3) is 0 Å². The first kappa shape index (κ1) is 24.8. The number of nitrogens with one attached hydrogen (secondary N) is 1. The Kier molecular flexibility index (Phi) is 9.71. The summed E-state index contributed by atoms with van der Waals surface area (Å²) in [5.41, 5.74) is 0.774. The molecule has 0 fully saturated rings. The van der Waals surface area contributed by atoms with Gasteiger partial charge in [0.05, 0.1) is 10.0 Å². The molecule has 0 saturated heterocycles. The maximum Gasteiger partial charge on any atom is 0.261 e. The second-order valence-corrected chi connectivity index (χ2v) is 9.39. The van der Waals surface area contributed by atoms with Crippen LogP contribution < -0.4 is 10.1 Å². The number of hydrogen-bond acceptors (Lipinski definition) is 3. The molecule has 0 radical (unpaired) electrons. The predicted molar refractivity (Wildman–Crippen MR) is 129 cm³/mol. The maximum atomic E-state index is 13.0. The van der Waals surface area contributed by atoms with E-state index in [-0.39, 0.29) is 25.0 Å². The van der Waals surface area contributed by atoms with Crippen molar-refractivity contribution < 1.29 is 14.3 Å². The van der Waals surface area contributed by atoms with Gasteiger partial charge in [-0.3, -0.25) is 9.59 Å². The summed E-state index contributed by atoms with van der Waals surface area (Å²) >= 11 is 14.3. The molecule has 162 valence electrons. The average Bonchev–Trinajstić information content (AvgIpc) is 2.71. The van der Waals surface area contributed by atoms with Crippen LogP contribution in [0.2, 0.25) is 10.0 Å². The van der Waals surface area contributed by atoms with E-state index in [1.807, 2.05) is 26.0 Å². The second-order valence-electron chi connectivity index (χ2n) is 7.33. The lowest BCUT2D eigenvalue weighted by molar-refractivity contribution is -0.142. The zero-order valence-electron chi connectivity index (χ0n) is 17.1. The molecular weight excluding hydrogens is 538 g/mol. The van der Waals surface area contributed by atoms with Crippen molar-refractivity contribution in [2.45, 2.75) is 33.4 Å². The molecule has 0 unspecified atom stereocenters. The number of ether oxygens (including phenoxy) is 1. The van der Waals surface area contributed by atoms with Gasteiger partial charge in [-0.2, -0.15) is 0 Å². The van der Waals surface area contributed by atoms with Crippen LogP contribution in [-0.2, 0) is 16.1 Å². The lowest BCUT2D eigenvalue weighted by Crippen LogP contribution is -2.49. The third-order valence-electron chi connectivity index (χ3n) is 4.36. The summed E-state index contributed by atoms with van der Waals surface area (Å²) in [6, 6.07) is 11.9. The molecule has 30 heavy (non-hydrogen) atoms. The van der Waals surface area contributed by atoms with E-state index in [1.165, 1.54) is 4.90 Å². The van der Waals surface area contributed by atoms with Crippen LogP contribution in [0.5, 0.6) is 5.75 Å². The topological polar surface area (TPSA) is 58.6 Å². The number of benzene rings is 2. The van der Waals surface area contributed by atoms with Crippen LogP contribution in [0, 0.1) is 9.49 Å². The summed E-state index contributed by atoms with van der Waals surface area (Å²) in [5, 5.41) is 3.71. The van der Waals surface area contributed by atoms with Crippen LogP contribution in [0.4, 0.5) is 0 Å². The Morgan fingerprint density at radius 2 is 1.73 bits per heavy atom. The molecule has 0 spiro atoms. The molecule has 0 saturated carbocycles. The summed E-state index contributed by atoms with van der Waals surface area (Å²) in [7, 11) is 0. The van der Waals surface area contributed by atoms with Crippen molar-refractivity contribution in [2.24, 2.45) is 5.92 Å². The zero-order valence-corrected chi connectivity index (χ0v) is 20.8. The van der Waals surface area contributed by atoms with E-state index in [0.29, 0.717) is 28.3 Å². The van der Waals surface area contributed by atoms with Crippen LogP contribution in [0.3, 0.4) is 0 Å². The highest BCUT2D eigenvalue weighted by molar-refractivity contribution is 14.1. The second kappa shape index (κ2) is 11.8. The first-order chi connectivity index (χ1) is 14.2. The zero-order chi connectivity index (χ0) is 22.3. The van der Waals surface area contributed by atoms with E-state index in [0.717, 1.165) is 9.13 Å². The van der Waals surface area contributed by atoms with Crippen LogP contribution in [-0.4, -0.2) is 35.9 Å². The minimum Gasteiger partial charge on any atom is -0.484 e. The van der Waals surface area contributed by atoms with Gasteiger partial charge in [0, 0.05) is 16.7 Å². The van der Waals surface area contributed by atoms with E-state index in [9.17, 15) is 9.59 Å². The van der Waals surface area contributed by atoms with Crippen molar-refractivity contribution in [1.82, 2.24) is 10.2 Å². The number of hydrogen-bond donors (Lipinski definition) is 1. The number of carbonyl (C=O) groups excluding carboxylic acids is 2. The highest BCUT2D eigenvalue weighted by Gasteiger charge is 2.26. The fraction of sp³-hybridized carbons (Fsp3) is 0.364. The minimum atomic E-state index is -0.675. The SMILES string of the molecule is CC(C)CNC(=O)[C@H](C)N(Cc1ccc(Cl)c(Cl)c1)C(=O)COc1ccc(I)cc1. The molecule has 2 aromatic rings. The fourth-order valence-electron chi connectivity index (χ4n) is 2.63. The molecule has 0 aliphatic carbocycles. The highest BCUT2D eigenvalue weighted by atomic mass is 127. The largest absolute Gasteiger partial charge is 0.484 e. The molecule has 1 atom stereocenters. The molecule has 2 aromatic carbocycles. The number of carbonyl (C=O) groups is 2. The van der Waals surface area contributed by atoms with Gasteiger partial charge in [0.1, 0.15) is 11.8 Å². The molecule has 1 N–H and O–H groups in total. The van der Waals surface area contributed by atoms with Gasteiger partial charge in [-0.05, 0) is 77.4 Å². The van der Waals surface area contributed by atoms with E-state index in [1.54, 1.807) is 37.3 Å². The number of amides is 2. The summed E-state index contributed by atoms with van der Waals surface area (Å²) in [5.74, 6) is 0.387. The van der Waals surface area contributed by atoms with Gasteiger partial charge < -0.3 is 15.0 Å². The minimum absolute atomic E-state index is 0.177. The lowest BCUT2D eigenvalue weighted by Gasteiger charge is -2.29. The average molecular weight is 563 g/mol. The Balaban J connectivity index is 2.15. The summed E-state index contributed by atoms with van der Waals surface area (Å²) in [4.78, 5) is 27.1. The molecule has 0 aliphatic heterocycles. The van der Waals surface area contributed by atoms with E-state index in [2.05, 4.69) is 27.9 Å². The van der Waals surface area contributed by atoms with Gasteiger partial charge >= 0.3 is 0 Å². The summed E-state index contributed by atoms with van der Waals surface area (Å²) in [6.45, 7) is 6.30. The molecule has 0 heterocycles. The Morgan fingerprint density at radius 3 is 2.33 bits per heavy atom. The van der Waals surface area contributed by atoms with Crippen LogP contribution in [0.1, 0.15) is 26.3 Å². The third-order valence-corrected chi connectivity index (χ3v) is 5.82. The lowest BCUT2D eigenvalue weighted by atomic mass is 10.1. The normalized spacial score (nSPS) is 11.8. The Labute approximate surface area is 201 Å². The molecule has 2 amide bonds. The monoisotopic (exact) mass is 562 g/mol. The molecule has 5 nitrogen and oxygen atoms in total. The third kappa shape index (κ3) is 7.63. The van der Waals surface area contributed by atoms with Gasteiger partial charge in [-0.15, -0.1) is 0 Å². The van der Waals surface area contributed by atoms with Crippen molar-refractivity contribution in [1.29, 1.82) is 0 Å². The quantitative estimate of drug-likeness (QED) is 0.429. The Bertz CT molecular complexity index is 875. The van der Waals surface area contributed by atoms with Crippen molar-refractivity contribution >= 4 is 57.6 Å². The van der Waals surface area contributed by atoms with Gasteiger partial charge in [-0.25, -0.2) is 0 Å². The smallest absolute Gasteiger partial charge is 0.261 e. The first-order valence-corrected chi connectivity index (χ1v) is 11.4. The molecule has 2 rings (SSSR count). The highest BCUT2D eigenvalue weighted by Crippen LogP contribution is 2.24. The molecule has 0 aliphatic rings. The van der Waals surface area contributed by atoms with E-state index in [4.69, 9.17) is 27.9 Å². The number of halogens is 3. The molecular formula is C22H25Cl2IN2O3. The van der Waals surface area contributed by atoms with Gasteiger partial charge in [0.15, 0.2) is 6.61 Å². The van der Waals surface area contributed by atoms with Crippen molar-refractivity contribution in [3.63, 3.8) is 0 Å². The first-order valence-electron chi connectivity index (χ1n) is 9.57.